The predicted octanol–water partition coefficient (Wildman–Crippen LogP) is 3.06. The lowest BCUT2D eigenvalue weighted by atomic mass is 10.1. The van der Waals surface area contributed by atoms with E-state index in [-0.39, 0.29) is 12.1 Å². The Labute approximate surface area is 184 Å². The van der Waals surface area contributed by atoms with Gasteiger partial charge in [-0.05, 0) is 24.3 Å². The third-order valence-electron chi connectivity index (χ3n) is 5.33. The first kappa shape index (κ1) is 19.5. The number of benzene rings is 2. The molecule has 158 valence electrons. The Kier molecular flexibility index (Phi) is 4.87. The molecule has 2 aromatic carbocycles. The minimum absolute atomic E-state index is 0.119. The fourth-order valence-corrected chi connectivity index (χ4v) is 3.78. The van der Waals surface area contributed by atoms with Gasteiger partial charge in [0.15, 0.2) is 0 Å². The maximum absolute atomic E-state index is 13.2. The Bertz CT molecular complexity index is 1330. The lowest BCUT2D eigenvalue weighted by Crippen LogP contribution is -2.39. The van der Waals surface area contributed by atoms with Crippen molar-refractivity contribution in [1.82, 2.24) is 9.38 Å². The number of amides is 2. The van der Waals surface area contributed by atoms with Gasteiger partial charge < -0.3 is 11.1 Å². The van der Waals surface area contributed by atoms with Crippen molar-refractivity contribution in [3.05, 3.63) is 85.1 Å². The SMILES string of the molecule is NC(=O)C1CC(C(=O)Nc2c(-c3ccccc3)nc3ccccn23)=NN1c1ccccc1. The van der Waals surface area contributed by atoms with Gasteiger partial charge in [-0.3, -0.25) is 19.0 Å². The second-order valence-corrected chi connectivity index (χ2v) is 7.41. The number of primary amides is 1. The van der Waals surface area contributed by atoms with E-state index >= 15 is 0 Å². The zero-order chi connectivity index (χ0) is 22.1. The number of nitrogens with zero attached hydrogens (tertiary/aromatic N) is 4. The number of hydrogen-bond donors (Lipinski definition) is 2. The Morgan fingerprint density at radius 2 is 1.62 bits per heavy atom. The van der Waals surface area contributed by atoms with Gasteiger partial charge in [0.25, 0.3) is 5.91 Å². The van der Waals surface area contributed by atoms with E-state index in [9.17, 15) is 9.59 Å². The zero-order valence-electron chi connectivity index (χ0n) is 17.1. The first-order valence-corrected chi connectivity index (χ1v) is 10.2. The van der Waals surface area contributed by atoms with Crippen molar-refractivity contribution in [2.24, 2.45) is 10.8 Å². The molecule has 2 amide bonds. The topological polar surface area (TPSA) is 105 Å². The number of nitrogens with two attached hydrogens (primary N) is 1. The number of anilines is 2. The number of rotatable bonds is 5. The lowest BCUT2D eigenvalue weighted by Gasteiger charge is -2.20. The Balaban J connectivity index is 1.51. The molecule has 0 bridgehead atoms. The molecule has 8 nitrogen and oxygen atoms in total. The standard InChI is InChI=1S/C24H20N6O2/c25-22(31)19-15-18(28-30(19)17-11-5-2-6-12-17)24(32)27-23-21(16-9-3-1-4-10-16)26-20-13-7-8-14-29(20)23/h1-14,19H,15H2,(H2,25,31)(H,27,32). The normalized spacial score (nSPS) is 15.6. The summed E-state index contributed by atoms with van der Waals surface area (Å²) in [5.74, 6) is -0.411. The van der Waals surface area contributed by atoms with E-state index in [2.05, 4.69) is 10.4 Å². The molecule has 1 unspecified atom stereocenters. The largest absolute Gasteiger partial charge is 0.368 e. The smallest absolute Gasteiger partial charge is 0.273 e. The summed E-state index contributed by atoms with van der Waals surface area (Å²) >= 11 is 0. The summed E-state index contributed by atoms with van der Waals surface area (Å²) in [6.07, 6.45) is 1.96. The van der Waals surface area contributed by atoms with Gasteiger partial charge in [0.2, 0.25) is 5.91 Å². The lowest BCUT2D eigenvalue weighted by molar-refractivity contribution is -0.119. The summed E-state index contributed by atoms with van der Waals surface area (Å²) in [6, 6.07) is 23.7. The van der Waals surface area contributed by atoms with E-state index in [1.165, 1.54) is 5.01 Å². The van der Waals surface area contributed by atoms with E-state index in [1.807, 2.05) is 89.5 Å². The fraction of sp³-hybridized carbons (Fsp3) is 0.0833. The monoisotopic (exact) mass is 424 g/mol. The number of imidazole rings is 1. The van der Waals surface area contributed by atoms with Gasteiger partial charge in [-0.1, -0.05) is 54.6 Å². The molecule has 1 aliphatic rings. The molecular formula is C24H20N6O2. The molecule has 3 heterocycles. The third-order valence-corrected chi connectivity index (χ3v) is 5.33. The maximum atomic E-state index is 13.2. The van der Waals surface area contributed by atoms with E-state index in [0.29, 0.717) is 22.8 Å². The van der Waals surface area contributed by atoms with E-state index < -0.39 is 17.9 Å². The molecule has 0 spiro atoms. The molecule has 5 rings (SSSR count). The van der Waals surface area contributed by atoms with Gasteiger partial charge in [0, 0.05) is 18.2 Å². The number of hydrazone groups is 1. The zero-order valence-corrected chi connectivity index (χ0v) is 17.1. The average molecular weight is 424 g/mol. The number of para-hydroxylation sites is 1. The summed E-state index contributed by atoms with van der Waals surface area (Å²) < 4.78 is 1.82. The van der Waals surface area contributed by atoms with Crippen molar-refractivity contribution < 1.29 is 9.59 Å². The van der Waals surface area contributed by atoms with Crippen molar-refractivity contribution in [3.63, 3.8) is 0 Å². The van der Waals surface area contributed by atoms with Crippen LogP contribution in [-0.2, 0) is 9.59 Å². The summed E-state index contributed by atoms with van der Waals surface area (Å²) in [7, 11) is 0. The highest BCUT2D eigenvalue weighted by molar-refractivity contribution is 6.44. The van der Waals surface area contributed by atoms with Crippen LogP contribution in [0.15, 0.2) is 90.2 Å². The molecule has 0 saturated carbocycles. The van der Waals surface area contributed by atoms with Crippen LogP contribution in [0.4, 0.5) is 11.5 Å². The Morgan fingerprint density at radius 1 is 0.938 bits per heavy atom. The van der Waals surface area contributed by atoms with E-state index in [1.54, 1.807) is 0 Å². The number of carbonyl (C=O) groups excluding carboxylic acids is 2. The Hall–Kier alpha value is -4.46. The van der Waals surface area contributed by atoms with Crippen molar-refractivity contribution >= 4 is 34.7 Å². The highest BCUT2D eigenvalue weighted by Crippen LogP contribution is 2.30. The van der Waals surface area contributed by atoms with Crippen molar-refractivity contribution in [2.45, 2.75) is 12.5 Å². The minimum Gasteiger partial charge on any atom is -0.368 e. The molecule has 0 radical (unpaired) electrons. The number of nitrogens with one attached hydrogen (secondary N) is 1. The van der Waals surface area contributed by atoms with Crippen LogP contribution in [-0.4, -0.2) is 33.0 Å². The summed E-state index contributed by atoms with van der Waals surface area (Å²) in [6.45, 7) is 0. The van der Waals surface area contributed by atoms with Crippen molar-refractivity contribution in [3.8, 4) is 11.3 Å². The molecule has 2 aromatic heterocycles. The molecule has 4 aromatic rings. The van der Waals surface area contributed by atoms with E-state index in [0.717, 1.165) is 5.56 Å². The van der Waals surface area contributed by atoms with Crippen LogP contribution in [0.5, 0.6) is 0 Å². The second kappa shape index (κ2) is 7.99. The van der Waals surface area contributed by atoms with Gasteiger partial charge in [-0.15, -0.1) is 0 Å². The molecule has 32 heavy (non-hydrogen) atoms. The summed E-state index contributed by atoms with van der Waals surface area (Å²) in [5, 5.41) is 8.89. The quantitative estimate of drug-likeness (QED) is 0.514. The van der Waals surface area contributed by atoms with Crippen molar-refractivity contribution in [1.29, 1.82) is 0 Å². The summed E-state index contributed by atoms with van der Waals surface area (Å²) in [5.41, 5.74) is 8.75. The molecule has 1 atom stereocenters. The predicted molar refractivity (Wildman–Crippen MR) is 123 cm³/mol. The van der Waals surface area contributed by atoms with Gasteiger partial charge in [0.05, 0.1) is 5.69 Å². The molecule has 1 aliphatic heterocycles. The van der Waals surface area contributed by atoms with Gasteiger partial charge in [-0.2, -0.15) is 5.10 Å². The molecule has 0 aliphatic carbocycles. The molecular weight excluding hydrogens is 404 g/mol. The van der Waals surface area contributed by atoms with Crippen LogP contribution in [0.25, 0.3) is 16.9 Å². The van der Waals surface area contributed by atoms with Gasteiger partial charge >= 0.3 is 0 Å². The fourth-order valence-electron chi connectivity index (χ4n) is 3.78. The first-order valence-electron chi connectivity index (χ1n) is 10.2. The summed E-state index contributed by atoms with van der Waals surface area (Å²) in [4.78, 5) is 30.0. The van der Waals surface area contributed by atoms with Gasteiger partial charge in [-0.25, -0.2) is 4.98 Å². The number of pyridine rings is 1. The molecule has 0 saturated heterocycles. The van der Waals surface area contributed by atoms with Crippen LogP contribution in [0.3, 0.4) is 0 Å². The van der Waals surface area contributed by atoms with E-state index in [4.69, 9.17) is 10.7 Å². The first-order chi connectivity index (χ1) is 15.6. The van der Waals surface area contributed by atoms with Crippen LogP contribution < -0.4 is 16.1 Å². The van der Waals surface area contributed by atoms with Crippen LogP contribution in [0, 0.1) is 0 Å². The highest BCUT2D eigenvalue weighted by Gasteiger charge is 2.35. The Morgan fingerprint density at radius 3 is 2.34 bits per heavy atom. The maximum Gasteiger partial charge on any atom is 0.273 e. The van der Waals surface area contributed by atoms with Gasteiger partial charge in [0.1, 0.15) is 28.9 Å². The average Bonchev–Trinajstić information content (AvgIpc) is 3.43. The van der Waals surface area contributed by atoms with Crippen LogP contribution >= 0.6 is 0 Å². The number of hydrogen-bond acceptors (Lipinski definition) is 5. The molecule has 3 N–H and O–H groups in total. The number of aromatic nitrogens is 2. The van der Waals surface area contributed by atoms with Crippen LogP contribution in [0.2, 0.25) is 0 Å². The third kappa shape index (κ3) is 3.47. The minimum atomic E-state index is -0.728. The highest BCUT2D eigenvalue weighted by atomic mass is 16.2. The van der Waals surface area contributed by atoms with Crippen molar-refractivity contribution in [2.75, 3.05) is 10.3 Å². The number of fused-ring (bicyclic) bond motifs is 1. The molecule has 8 heteroatoms. The second-order valence-electron chi connectivity index (χ2n) is 7.41. The van der Waals surface area contributed by atoms with Crippen LogP contribution in [0.1, 0.15) is 6.42 Å². The molecule has 0 fully saturated rings. The number of carbonyl (C=O) groups is 2.